The summed E-state index contributed by atoms with van der Waals surface area (Å²) < 4.78 is 12.2. The summed E-state index contributed by atoms with van der Waals surface area (Å²) >= 11 is 0. The molecule has 2 aromatic carbocycles. The van der Waals surface area contributed by atoms with Crippen molar-refractivity contribution in [3.05, 3.63) is 83.4 Å². The number of amides is 2. The van der Waals surface area contributed by atoms with Gasteiger partial charge in [-0.1, -0.05) is 41.6 Å². The van der Waals surface area contributed by atoms with E-state index < -0.39 is 29.6 Å². The second kappa shape index (κ2) is 10.1. The molecule has 1 aliphatic carbocycles. The summed E-state index contributed by atoms with van der Waals surface area (Å²) in [6.45, 7) is 5.39. The van der Waals surface area contributed by atoms with Crippen molar-refractivity contribution < 1.29 is 28.8 Å². The molecule has 200 valence electrons. The van der Waals surface area contributed by atoms with E-state index in [2.05, 4.69) is 20.8 Å². The normalized spacial score (nSPS) is 14.3. The summed E-state index contributed by atoms with van der Waals surface area (Å²) in [4.78, 5) is 41.2. The van der Waals surface area contributed by atoms with Crippen LogP contribution in [-0.2, 0) is 14.9 Å². The van der Waals surface area contributed by atoms with E-state index >= 15 is 0 Å². The molecule has 4 aromatic rings. The van der Waals surface area contributed by atoms with Gasteiger partial charge in [0.1, 0.15) is 29.5 Å². The monoisotopic (exact) mass is 529 g/mol. The summed E-state index contributed by atoms with van der Waals surface area (Å²) in [6.07, 6.45) is 2.80. The van der Waals surface area contributed by atoms with E-state index in [4.69, 9.17) is 9.26 Å². The number of hydrogen-bond acceptors (Lipinski definition) is 7. The van der Waals surface area contributed by atoms with Crippen LogP contribution in [0.15, 0.2) is 65.6 Å². The highest BCUT2D eigenvalue weighted by molar-refractivity contribution is 5.93. The van der Waals surface area contributed by atoms with E-state index in [0.29, 0.717) is 29.8 Å². The summed E-state index contributed by atoms with van der Waals surface area (Å²) in [5.41, 5.74) is 3.28. The number of carbonyl (C=O) groups is 3. The molecule has 11 nitrogen and oxygen atoms in total. The molecule has 2 aromatic heterocycles. The number of carboxylic acid groups (broad SMARTS) is 1. The van der Waals surface area contributed by atoms with Gasteiger partial charge in [0.2, 0.25) is 5.76 Å². The number of anilines is 2. The molecule has 11 heteroatoms. The van der Waals surface area contributed by atoms with Crippen molar-refractivity contribution in [2.75, 3.05) is 10.6 Å². The molecule has 1 aliphatic rings. The van der Waals surface area contributed by atoms with Crippen LogP contribution in [0.25, 0.3) is 11.5 Å². The lowest BCUT2D eigenvalue weighted by molar-refractivity contribution is -0.140. The first-order chi connectivity index (χ1) is 18.7. The minimum absolute atomic E-state index is 0.173. The Labute approximate surface area is 223 Å². The van der Waals surface area contributed by atoms with Gasteiger partial charge in [0.15, 0.2) is 0 Å². The van der Waals surface area contributed by atoms with E-state index in [1.807, 2.05) is 31.2 Å². The molecule has 2 heterocycles. The van der Waals surface area contributed by atoms with Gasteiger partial charge in [-0.2, -0.15) is 0 Å². The molecule has 39 heavy (non-hydrogen) atoms. The van der Waals surface area contributed by atoms with E-state index in [-0.39, 0.29) is 17.1 Å². The second-order valence-corrected chi connectivity index (χ2v) is 9.56. The Morgan fingerprint density at radius 1 is 1.08 bits per heavy atom. The van der Waals surface area contributed by atoms with Crippen LogP contribution in [0.3, 0.4) is 0 Å². The van der Waals surface area contributed by atoms with Crippen molar-refractivity contribution in [3.8, 4) is 11.5 Å². The highest BCUT2D eigenvalue weighted by Crippen LogP contribution is 2.48. The minimum Gasteiger partial charge on any atom is -0.481 e. The summed E-state index contributed by atoms with van der Waals surface area (Å²) in [5, 5.41) is 18.8. The van der Waals surface area contributed by atoms with Gasteiger partial charge < -0.3 is 19.7 Å². The van der Waals surface area contributed by atoms with Crippen molar-refractivity contribution >= 4 is 29.5 Å². The van der Waals surface area contributed by atoms with Gasteiger partial charge in [-0.05, 0) is 62.4 Å². The third kappa shape index (κ3) is 5.11. The lowest BCUT2D eigenvalue weighted by atomic mass is 9.96. The van der Waals surface area contributed by atoms with Gasteiger partial charge in [-0.25, -0.2) is 14.6 Å². The first-order valence-corrected chi connectivity index (χ1v) is 12.4. The molecule has 1 atom stereocenters. The molecule has 1 fully saturated rings. The molecule has 0 spiro atoms. The summed E-state index contributed by atoms with van der Waals surface area (Å²) in [7, 11) is 0. The first kappa shape index (κ1) is 25.7. The number of aliphatic carboxylic acids is 1. The molecule has 0 bridgehead atoms. The minimum atomic E-state index is -0.837. The Bertz CT molecular complexity index is 1550. The number of carbonyl (C=O) groups excluding carboxylic acids is 2. The molecular formula is C28H27N5O6. The Morgan fingerprint density at radius 3 is 2.46 bits per heavy atom. The van der Waals surface area contributed by atoms with Crippen molar-refractivity contribution in [3.63, 3.8) is 0 Å². The van der Waals surface area contributed by atoms with Crippen LogP contribution < -0.4 is 10.6 Å². The Hall–Kier alpha value is -4.93. The van der Waals surface area contributed by atoms with Gasteiger partial charge >= 0.3 is 18.1 Å². The van der Waals surface area contributed by atoms with Crippen LogP contribution in [0.4, 0.5) is 21.0 Å². The second-order valence-electron chi connectivity index (χ2n) is 9.56. The van der Waals surface area contributed by atoms with Crippen molar-refractivity contribution in [1.82, 2.24) is 14.7 Å². The Kier molecular flexibility index (Phi) is 6.65. The number of hydrogen-bond donors (Lipinski definition) is 3. The summed E-state index contributed by atoms with van der Waals surface area (Å²) in [5.74, 6) is -0.664. The topological polar surface area (TPSA) is 149 Å². The molecule has 0 radical (unpaired) electrons. The first-order valence-electron chi connectivity index (χ1n) is 12.4. The Morgan fingerprint density at radius 2 is 1.79 bits per heavy atom. The molecule has 0 saturated heterocycles. The van der Waals surface area contributed by atoms with E-state index in [9.17, 15) is 19.5 Å². The third-order valence-electron chi connectivity index (χ3n) is 6.90. The fourth-order valence-electron chi connectivity index (χ4n) is 4.45. The molecule has 0 aliphatic heterocycles. The van der Waals surface area contributed by atoms with Gasteiger partial charge in [0.05, 0.1) is 5.41 Å². The smallest absolute Gasteiger partial charge is 0.412 e. The lowest BCUT2D eigenvalue weighted by Crippen LogP contribution is -2.20. The largest absolute Gasteiger partial charge is 0.481 e. The Balaban J connectivity index is 1.25. The highest BCUT2D eigenvalue weighted by atomic mass is 16.6. The maximum absolute atomic E-state index is 12.8. The number of nitrogens with zero attached hydrogens (tertiary/aromatic N) is 3. The van der Waals surface area contributed by atoms with Crippen LogP contribution in [0.1, 0.15) is 48.3 Å². The van der Waals surface area contributed by atoms with Crippen LogP contribution >= 0.6 is 0 Å². The van der Waals surface area contributed by atoms with E-state index in [0.717, 1.165) is 11.1 Å². The third-order valence-corrected chi connectivity index (χ3v) is 6.90. The van der Waals surface area contributed by atoms with Gasteiger partial charge in [-0.15, -0.1) is 0 Å². The number of aromatic nitrogens is 3. The van der Waals surface area contributed by atoms with E-state index in [1.165, 1.54) is 17.1 Å². The van der Waals surface area contributed by atoms with Crippen LogP contribution in [-0.4, -0.2) is 37.9 Å². The SMILES string of the molecule is Cc1ccccc1C(C)OC(=O)Nc1c(C)noc1-c1cn(C(=O)Nc2ccc(C3(C(=O)O)CC3)cc2)cn1. The number of benzene rings is 2. The quantitative estimate of drug-likeness (QED) is 0.278. The number of nitrogens with one attached hydrogen (secondary N) is 2. The molecule has 3 N–H and O–H groups in total. The van der Waals surface area contributed by atoms with Gasteiger partial charge in [0, 0.05) is 11.9 Å². The molecule has 5 rings (SSSR count). The number of carboxylic acids is 1. The summed E-state index contributed by atoms with van der Waals surface area (Å²) in [6, 6.07) is 13.9. The predicted octanol–water partition coefficient (Wildman–Crippen LogP) is 5.66. The zero-order valence-corrected chi connectivity index (χ0v) is 21.6. The average molecular weight is 530 g/mol. The maximum Gasteiger partial charge on any atom is 0.412 e. The molecule has 1 saturated carbocycles. The molecule has 2 amide bonds. The predicted molar refractivity (Wildman–Crippen MR) is 142 cm³/mol. The standard InChI is InChI=1S/C28H27N5O6/c1-16-6-4-5-7-21(16)18(3)38-27(37)31-23-17(2)32-39-24(23)22-14-33(15-29-22)26(36)30-20-10-8-19(9-11-20)28(12-13-28)25(34)35/h4-11,14-15,18H,12-13H2,1-3H3,(H,30,36)(H,31,37)(H,34,35). The molecule has 1 unspecified atom stereocenters. The fourth-order valence-corrected chi connectivity index (χ4v) is 4.45. The number of ether oxygens (including phenoxy) is 1. The number of rotatable bonds is 7. The number of imidazole rings is 1. The van der Waals surface area contributed by atoms with Gasteiger partial charge in [-0.3, -0.25) is 14.7 Å². The van der Waals surface area contributed by atoms with Crippen molar-refractivity contribution in [1.29, 1.82) is 0 Å². The van der Waals surface area contributed by atoms with Crippen LogP contribution in [0.2, 0.25) is 0 Å². The van der Waals surface area contributed by atoms with Gasteiger partial charge in [0.25, 0.3) is 0 Å². The maximum atomic E-state index is 12.8. The highest BCUT2D eigenvalue weighted by Gasteiger charge is 2.51. The average Bonchev–Trinajstić information content (AvgIpc) is 3.45. The fraction of sp³-hybridized carbons (Fsp3) is 0.250. The number of aryl methyl sites for hydroxylation is 2. The zero-order valence-electron chi connectivity index (χ0n) is 21.6. The van der Waals surface area contributed by atoms with Crippen molar-refractivity contribution in [2.45, 2.75) is 45.1 Å². The zero-order chi connectivity index (χ0) is 27.7. The van der Waals surface area contributed by atoms with Crippen LogP contribution in [0.5, 0.6) is 0 Å². The lowest BCUT2D eigenvalue weighted by Gasteiger charge is -2.16. The van der Waals surface area contributed by atoms with Crippen molar-refractivity contribution in [2.24, 2.45) is 0 Å². The van der Waals surface area contributed by atoms with Crippen LogP contribution in [0, 0.1) is 13.8 Å². The molecular weight excluding hydrogens is 502 g/mol. The van der Waals surface area contributed by atoms with E-state index in [1.54, 1.807) is 38.1 Å².